The molecule has 23 heavy (non-hydrogen) atoms. The normalized spacial score (nSPS) is 18.3. The number of likely N-dealkylation sites (tertiary alicyclic amines) is 1. The van der Waals surface area contributed by atoms with E-state index in [0.717, 1.165) is 19.3 Å². The van der Waals surface area contributed by atoms with Crippen LogP contribution in [-0.2, 0) is 9.47 Å². The molecule has 0 unspecified atom stereocenters. The molecular weight excluding hydrogens is 300 g/mol. The van der Waals surface area contributed by atoms with Crippen LogP contribution in [0.5, 0.6) is 0 Å². The summed E-state index contributed by atoms with van der Waals surface area (Å²) >= 11 is 0. The molecule has 1 aromatic rings. The third kappa shape index (κ3) is 4.99. The molecule has 1 saturated heterocycles. The maximum atomic E-state index is 12.3. The molecule has 1 aromatic heterocycles. The van der Waals surface area contributed by atoms with E-state index in [0.29, 0.717) is 31.0 Å². The topological polar surface area (TPSA) is 81.0 Å². The Hall–Kier alpha value is -2.02. The molecule has 2 rings (SSSR count). The molecular formula is C16H24N2O5. The Balaban J connectivity index is 1.90. The second-order valence-electron chi connectivity index (χ2n) is 5.61. The van der Waals surface area contributed by atoms with Gasteiger partial charge in [0.1, 0.15) is 12.4 Å². The van der Waals surface area contributed by atoms with E-state index in [1.165, 1.54) is 6.26 Å². The van der Waals surface area contributed by atoms with Gasteiger partial charge in [-0.2, -0.15) is 0 Å². The van der Waals surface area contributed by atoms with E-state index in [1.54, 1.807) is 25.0 Å². The predicted octanol–water partition coefficient (Wildman–Crippen LogP) is 1.96. The van der Waals surface area contributed by atoms with Crippen LogP contribution in [0.15, 0.2) is 16.7 Å². The van der Waals surface area contributed by atoms with Crippen molar-refractivity contribution < 1.29 is 23.5 Å². The number of hydrogen-bond acceptors (Lipinski definition) is 5. The van der Waals surface area contributed by atoms with Gasteiger partial charge in [-0.05, 0) is 32.3 Å². The molecule has 0 saturated carbocycles. The van der Waals surface area contributed by atoms with E-state index in [2.05, 4.69) is 5.32 Å². The molecule has 0 radical (unpaired) electrons. The lowest BCUT2D eigenvalue weighted by Gasteiger charge is -2.24. The number of carbonyl (C=O) groups is 2. The largest absolute Gasteiger partial charge is 0.469 e. The zero-order chi connectivity index (χ0) is 16.7. The van der Waals surface area contributed by atoms with Crippen LogP contribution in [0.2, 0.25) is 0 Å². The van der Waals surface area contributed by atoms with Gasteiger partial charge in [0, 0.05) is 26.2 Å². The van der Waals surface area contributed by atoms with Crippen molar-refractivity contribution in [2.24, 2.45) is 0 Å². The van der Waals surface area contributed by atoms with Crippen LogP contribution in [0.25, 0.3) is 0 Å². The van der Waals surface area contributed by atoms with Crippen molar-refractivity contribution in [2.45, 2.75) is 32.2 Å². The van der Waals surface area contributed by atoms with Crippen LogP contribution in [0.4, 0.5) is 4.79 Å². The molecule has 7 heteroatoms. The Bertz CT molecular complexity index is 528. The smallest absolute Gasteiger partial charge is 0.409 e. The van der Waals surface area contributed by atoms with Crippen molar-refractivity contribution in [3.05, 3.63) is 23.7 Å². The molecule has 0 aromatic carbocycles. The van der Waals surface area contributed by atoms with E-state index < -0.39 is 0 Å². The monoisotopic (exact) mass is 324 g/mol. The molecule has 1 aliphatic rings. The van der Waals surface area contributed by atoms with Crippen molar-refractivity contribution in [3.63, 3.8) is 0 Å². The van der Waals surface area contributed by atoms with Crippen molar-refractivity contribution in [1.29, 1.82) is 0 Å². The minimum absolute atomic E-state index is 0.0886. The van der Waals surface area contributed by atoms with Gasteiger partial charge in [0.2, 0.25) is 0 Å². The fourth-order valence-electron chi connectivity index (χ4n) is 2.61. The summed E-state index contributed by atoms with van der Waals surface area (Å²) in [7, 11) is 1.56. The zero-order valence-corrected chi connectivity index (χ0v) is 13.7. The predicted molar refractivity (Wildman–Crippen MR) is 83.3 cm³/mol. The molecule has 2 amide bonds. The maximum absolute atomic E-state index is 12.3. The Kier molecular flexibility index (Phi) is 6.46. The van der Waals surface area contributed by atoms with E-state index in [4.69, 9.17) is 13.9 Å². The first-order valence-corrected chi connectivity index (χ1v) is 7.87. The standard InChI is InChI=1S/C16H24N2O5/c1-12-14(6-8-22-12)15(19)17-13-5-3-4-7-18(11-13)16(20)23-10-9-21-2/h6,8,13H,3-5,7,9-11H2,1-2H3,(H,17,19)/t13-/m1/s1. The molecule has 1 fully saturated rings. The number of hydrogen-bond donors (Lipinski definition) is 1. The third-order valence-electron chi connectivity index (χ3n) is 3.88. The van der Waals surface area contributed by atoms with Gasteiger partial charge in [0.05, 0.1) is 18.4 Å². The first-order chi connectivity index (χ1) is 11.1. The summed E-state index contributed by atoms with van der Waals surface area (Å²) in [4.78, 5) is 26.0. The first kappa shape index (κ1) is 17.3. The Morgan fingerprint density at radius 2 is 2.22 bits per heavy atom. The number of methoxy groups -OCH3 is 1. The highest BCUT2D eigenvalue weighted by Crippen LogP contribution is 2.14. The number of rotatable bonds is 5. The molecule has 1 atom stereocenters. The van der Waals surface area contributed by atoms with Gasteiger partial charge in [-0.15, -0.1) is 0 Å². The van der Waals surface area contributed by atoms with E-state index in [-0.39, 0.29) is 24.6 Å². The van der Waals surface area contributed by atoms with Gasteiger partial charge >= 0.3 is 6.09 Å². The molecule has 7 nitrogen and oxygen atoms in total. The van der Waals surface area contributed by atoms with Crippen LogP contribution in [0, 0.1) is 6.92 Å². The molecule has 1 aliphatic heterocycles. The van der Waals surface area contributed by atoms with Gasteiger partial charge in [-0.25, -0.2) is 4.79 Å². The number of carbonyl (C=O) groups excluding carboxylic acids is 2. The number of aryl methyl sites for hydroxylation is 1. The molecule has 0 spiro atoms. The van der Waals surface area contributed by atoms with Crippen LogP contribution in [-0.4, -0.2) is 56.4 Å². The van der Waals surface area contributed by atoms with Gasteiger partial charge in [-0.3, -0.25) is 4.79 Å². The lowest BCUT2D eigenvalue weighted by molar-refractivity contribution is 0.0697. The number of nitrogens with zero attached hydrogens (tertiary/aromatic N) is 1. The highest BCUT2D eigenvalue weighted by atomic mass is 16.6. The minimum atomic E-state index is -0.359. The van der Waals surface area contributed by atoms with Crippen LogP contribution in [0.1, 0.15) is 35.4 Å². The van der Waals surface area contributed by atoms with Gasteiger partial charge < -0.3 is 24.1 Å². The minimum Gasteiger partial charge on any atom is -0.469 e. The van der Waals surface area contributed by atoms with Crippen molar-refractivity contribution >= 4 is 12.0 Å². The molecule has 128 valence electrons. The fourth-order valence-corrected chi connectivity index (χ4v) is 2.61. The highest BCUT2D eigenvalue weighted by Gasteiger charge is 2.25. The average Bonchev–Trinajstić information content (AvgIpc) is 2.82. The molecule has 0 bridgehead atoms. The maximum Gasteiger partial charge on any atom is 0.409 e. The summed E-state index contributed by atoms with van der Waals surface area (Å²) in [5, 5.41) is 2.98. The van der Waals surface area contributed by atoms with Gasteiger partial charge in [-0.1, -0.05) is 0 Å². The second-order valence-corrected chi connectivity index (χ2v) is 5.61. The summed E-state index contributed by atoms with van der Waals surface area (Å²) in [6.07, 6.45) is 3.83. The zero-order valence-electron chi connectivity index (χ0n) is 13.7. The fraction of sp³-hybridized carbons (Fsp3) is 0.625. The number of ether oxygens (including phenoxy) is 2. The van der Waals surface area contributed by atoms with E-state index in [1.807, 2.05) is 0 Å². The number of furan rings is 1. The SMILES string of the molecule is COCCOC(=O)N1CCCC[C@@H](NC(=O)c2ccoc2C)C1. The highest BCUT2D eigenvalue weighted by molar-refractivity contribution is 5.95. The van der Waals surface area contributed by atoms with Crippen LogP contribution < -0.4 is 5.32 Å². The molecule has 2 heterocycles. The molecule has 1 N–H and O–H groups in total. The van der Waals surface area contributed by atoms with Crippen molar-refractivity contribution in [2.75, 3.05) is 33.4 Å². The third-order valence-corrected chi connectivity index (χ3v) is 3.88. The van der Waals surface area contributed by atoms with Gasteiger partial charge in [0.25, 0.3) is 5.91 Å². The quantitative estimate of drug-likeness (QED) is 0.837. The summed E-state index contributed by atoms with van der Waals surface area (Å²) in [5.41, 5.74) is 0.531. The van der Waals surface area contributed by atoms with Crippen LogP contribution >= 0.6 is 0 Å². The van der Waals surface area contributed by atoms with Crippen molar-refractivity contribution in [3.8, 4) is 0 Å². The lowest BCUT2D eigenvalue weighted by Crippen LogP contribution is -2.45. The summed E-state index contributed by atoms with van der Waals surface area (Å²) in [6, 6.07) is 1.56. The van der Waals surface area contributed by atoms with Crippen LogP contribution in [0.3, 0.4) is 0 Å². The lowest BCUT2D eigenvalue weighted by atomic mass is 10.1. The number of nitrogens with one attached hydrogen (secondary N) is 1. The van der Waals surface area contributed by atoms with E-state index in [9.17, 15) is 9.59 Å². The Labute approximate surface area is 135 Å². The average molecular weight is 324 g/mol. The Morgan fingerprint density at radius 3 is 2.91 bits per heavy atom. The summed E-state index contributed by atoms with van der Waals surface area (Å²) in [5.74, 6) is 0.419. The first-order valence-electron chi connectivity index (χ1n) is 7.87. The van der Waals surface area contributed by atoms with Crippen molar-refractivity contribution in [1.82, 2.24) is 10.2 Å². The summed E-state index contributed by atoms with van der Waals surface area (Å²) in [6.45, 7) is 3.45. The second kappa shape index (κ2) is 8.57. The van der Waals surface area contributed by atoms with E-state index >= 15 is 0 Å². The summed E-state index contributed by atoms with van der Waals surface area (Å²) < 4.78 is 15.2. The number of amides is 2. The van der Waals surface area contributed by atoms with Gasteiger partial charge in [0.15, 0.2) is 0 Å². The Morgan fingerprint density at radius 1 is 1.39 bits per heavy atom. The molecule has 0 aliphatic carbocycles.